The van der Waals surface area contributed by atoms with Gasteiger partial charge < -0.3 is 9.97 Å². The number of unbranched alkanes of at least 4 members (excludes halogenated alkanes) is 2. The van der Waals surface area contributed by atoms with Gasteiger partial charge in [0.2, 0.25) is 0 Å². The number of nitrogens with zero attached hydrogens (tertiary/aromatic N) is 1. The Morgan fingerprint density at radius 2 is 1.86 bits per heavy atom. The van der Waals surface area contributed by atoms with Crippen LogP contribution in [0.25, 0.3) is 4.24 Å². The summed E-state index contributed by atoms with van der Waals surface area (Å²) < 4.78 is 24.8. The van der Waals surface area contributed by atoms with Crippen molar-refractivity contribution in [2.45, 2.75) is 50.5 Å². The van der Waals surface area contributed by atoms with E-state index in [1.807, 2.05) is 13.0 Å². The Hall–Kier alpha value is 0.120. The molecule has 0 aliphatic heterocycles. The van der Waals surface area contributed by atoms with Gasteiger partial charge in [-0.15, -0.1) is 6.58 Å². The van der Waals surface area contributed by atoms with Gasteiger partial charge >= 0.3 is 29.6 Å². The zero-order chi connectivity index (χ0) is 16.3. The first-order chi connectivity index (χ1) is 9.87. The topological polar surface area (TPSA) is 74.3 Å². The largest absolute Gasteiger partial charge is 1.00 e. The first kappa shape index (κ1) is 24.4. The predicted molar refractivity (Wildman–Crippen MR) is 89.9 cm³/mol. The fourth-order valence-electron chi connectivity index (χ4n) is 1.50. The number of nitrogens with two attached hydrogens (primary N) is 1. The van der Waals surface area contributed by atoms with Crippen LogP contribution in [0.1, 0.15) is 38.2 Å². The number of rotatable bonds is 7. The summed E-state index contributed by atoms with van der Waals surface area (Å²) in [6.07, 6.45) is 6.71. The summed E-state index contributed by atoms with van der Waals surface area (Å²) in [5, 5.41) is 0. The van der Waals surface area contributed by atoms with Crippen molar-refractivity contribution in [3.63, 3.8) is 0 Å². The Kier molecular flexibility index (Phi) is 15.0. The first-order valence-electron chi connectivity index (χ1n) is 6.90. The maximum absolute atomic E-state index is 11.0. The van der Waals surface area contributed by atoms with E-state index >= 15 is 0 Å². The third-order valence-electron chi connectivity index (χ3n) is 2.85. The van der Waals surface area contributed by atoms with Gasteiger partial charge in [-0.05, 0) is 25.5 Å². The summed E-state index contributed by atoms with van der Waals surface area (Å²) in [7, 11) is -3.62. The van der Waals surface area contributed by atoms with Gasteiger partial charge in [0.05, 0.1) is 0 Å². The van der Waals surface area contributed by atoms with Gasteiger partial charge in [0, 0.05) is 10.9 Å². The molecular weight excluding hydrogens is 331 g/mol. The van der Waals surface area contributed by atoms with Gasteiger partial charge in [0.1, 0.15) is 10.0 Å². The molecule has 0 heterocycles. The SMILES string of the molecule is C=CC(N)CCCCC.Cc1ccc(S(=O)(=O)[N-]Cl)cc1.[Na+]. The molecule has 0 fully saturated rings. The summed E-state index contributed by atoms with van der Waals surface area (Å²) in [5.74, 6) is 0. The molecule has 0 spiro atoms. The Morgan fingerprint density at radius 1 is 1.32 bits per heavy atom. The minimum absolute atomic E-state index is 0. The number of sulfonamides is 1. The second-order valence-electron chi connectivity index (χ2n) is 4.75. The molecule has 7 heteroatoms. The second-order valence-corrected chi connectivity index (χ2v) is 6.73. The molecule has 1 aromatic rings. The van der Waals surface area contributed by atoms with Crippen LogP contribution in [0.5, 0.6) is 0 Å². The second kappa shape index (κ2) is 13.5. The van der Waals surface area contributed by atoms with Crippen molar-refractivity contribution >= 4 is 21.8 Å². The third-order valence-corrected chi connectivity index (χ3v) is 4.45. The van der Waals surface area contributed by atoms with Crippen molar-refractivity contribution in [3.05, 3.63) is 46.7 Å². The minimum Gasteiger partial charge on any atom is -0.458 e. The average Bonchev–Trinajstić information content (AvgIpc) is 2.48. The summed E-state index contributed by atoms with van der Waals surface area (Å²) >= 11 is 4.90. The van der Waals surface area contributed by atoms with Crippen LogP contribution < -0.4 is 35.3 Å². The van der Waals surface area contributed by atoms with Gasteiger partial charge in [0.25, 0.3) is 0 Å². The van der Waals surface area contributed by atoms with E-state index in [1.54, 1.807) is 12.1 Å². The molecule has 1 atom stereocenters. The van der Waals surface area contributed by atoms with Crippen LogP contribution in [0, 0.1) is 6.92 Å². The van der Waals surface area contributed by atoms with E-state index in [9.17, 15) is 8.42 Å². The molecule has 4 nitrogen and oxygen atoms in total. The van der Waals surface area contributed by atoms with Crippen molar-refractivity contribution in [3.8, 4) is 0 Å². The molecule has 22 heavy (non-hydrogen) atoms. The molecule has 0 amide bonds. The molecule has 0 aromatic heterocycles. The average molecular weight is 355 g/mol. The zero-order valence-electron chi connectivity index (χ0n) is 13.6. The number of hydrogen-bond acceptors (Lipinski definition) is 3. The molecule has 0 saturated carbocycles. The summed E-state index contributed by atoms with van der Waals surface area (Å²) in [6.45, 7) is 7.68. The van der Waals surface area contributed by atoms with Crippen LogP contribution in [0.3, 0.4) is 0 Å². The van der Waals surface area contributed by atoms with Crippen LogP contribution in [0.15, 0.2) is 41.8 Å². The van der Waals surface area contributed by atoms with Crippen molar-refractivity contribution in [2.24, 2.45) is 5.73 Å². The molecule has 2 N–H and O–H groups in total. The Balaban J connectivity index is 0. The van der Waals surface area contributed by atoms with E-state index < -0.39 is 10.0 Å². The molecule has 1 unspecified atom stereocenters. The molecule has 1 aromatic carbocycles. The van der Waals surface area contributed by atoms with Crippen LogP contribution in [-0.2, 0) is 10.0 Å². The van der Waals surface area contributed by atoms with Crippen LogP contribution in [0.2, 0.25) is 0 Å². The maximum atomic E-state index is 11.0. The minimum atomic E-state index is -3.62. The van der Waals surface area contributed by atoms with Gasteiger partial charge in [-0.3, -0.25) is 11.8 Å². The van der Waals surface area contributed by atoms with Gasteiger partial charge in [0.15, 0.2) is 0 Å². The van der Waals surface area contributed by atoms with Crippen LogP contribution in [0.4, 0.5) is 0 Å². The Morgan fingerprint density at radius 3 is 2.27 bits per heavy atom. The normalized spacial score (nSPS) is 11.6. The number of aryl methyl sites for hydroxylation is 1. The molecule has 0 saturated heterocycles. The predicted octanol–water partition coefficient (Wildman–Crippen LogP) is 1.30. The van der Waals surface area contributed by atoms with Crippen molar-refractivity contribution in [1.82, 2.24) is 0 Å². The smallest absolute Gasteiger partial charge is 0.458 e. The van der Waals surface area contributed by atoms with Gasteiger partial charge in [-0.1, -0.05) is 50.0 Å². The number of hydrogen-bond donors (Lipinski definition) is 1. The standard InChI is InChI=1S/C8H17N.C7H7ClNO2S.Na/c1-3-5-6-7-8(9)4-2;1-6-2-4-7(5-3-6)12(10,11)9-8;/h4,8H,2-3,5-7,9H2,1H3;2-5H,1H3;/q;-1;+1. The molecular formula is C15H24ClN2NaO2S. The zero-order valence-corrected chi connectivity index (χ0v) is 17.2. The first-order valence-corrected chi connectivity index (χ1v) is 8.68. The number of halogens is 1. The van der Waals surface area contributed by atoms with Crippen LogP contribution >= 0.6 is 11.8 Å². The fourth-order valence-corrected chi connectivity index (χ4v) is 2.30. The molecule has 1 rings (SSSR count). The van der Waals surface area contributed by atoms with Crippen molar-refractivity contribution in [1.29, 1.82) is 0 Å². The Labute approximate surface area is 162 Å². The molecule has 0 aliphatic carbocycles. The third kappa shape index (κ3) is 10.8. The molecule has 0 bridgehead atoms. The molecule has 0 aliphatic rings. The van der Waals surface area contributed by atoms with Gasteiger partial charge in [-0.25, -0.2) is 8.42 Å². The van der Waals surface area contributed by atoms with E-state index in [0.717, 1.165) is 12.0 Å². The van der Waals surface area contributed by atoms with Gasteiger partial charge in [-0.2, -0.15) is 0 Å². The van der Waals surface area contributed by atoms with Crippen molar-refractivity contribution < 1.29 is 38.0 Å². The van der Waals surface area contributed by atoms with Crippen LogP contribution in [-0.4, -0.2) is 14.5 Å². The van der Waals surface area contributed by atoms with E-state index in [2.05, 4.69) is 17.7 Å². The maximum Gasteiger partial charge on any atom is 1.00 e. The molecule has 0 radical (unpaired) electrons. The number of benzene rings is 1. The summed E-state index contributed by atoms with van der Waals surface area (Å²) in [5.41, 5.74) is 6.59. The van der Waals surface area contributed by atoms with E-state index in [-0.39, 0.29) is 40.5 Å². The van der Waals surface area contributed by atoms with E-state index in [1.165, 1.54) is 31.4 Å². The quantitative estimate of drug-likeness (QED) is 0.455. The molecule has 120 valence electrons. The summed E-state index contributed by atoms with van der Waals surface area (Å²) in [4.78, 5) is 0.114. The fraction of sp³-hybridized carbons (Fsp3) is 0.467. The Bertz CT molecular complexity index is 507. The van der Waals surface area contributed by atoms with Crippen molar-refractivity contribution in [2.75, 3.05) is 0 Å². The monoisotopic (exact) mass is 354 g/mol. The van der Waals surface area contributed by atoms with E-state index in [4.69, 9.17) is 17.5 Å². The summed E-state index contributed by atoms with van der Waals surface area (Å²) in [6, 6.07) is 6.54. The van der Waals surface area contributed by atoms with E-state index in [0.29, 0.717) is 0 Å².